The molecule has 3 heterocycles. The second-order valence-corrected chi connectivity index (χ2v) is 7.65. The minimum Gasteiger partial charge on any atom is -0.467 e. The van der Waals surface area contributed by atoms with Gasteiger partial charge in [0.25, 0.3) is 11.8 Å². The summed E-state index contributed by atoms with van der Waals surface area (Å²) in [7, 11) is 0. The third-order valence-electron chi connectivity index (χ3n) is 5.44. The summed E-state index contributed by atoms with van der Waals surface area (Å²) in [6, 6.07) is 16.3. The lowest BCUT2D eigenvalue weighted by molar-refractivity contribution is -0.130. The molecule has 7 nitrogen and oxygen atoms in total. The molecule has 1 saturated heterocycles. The molecule has 164 valence electrons. The van der Waals surface area contributed by atoms with Gasteiger partial charge in [0.05, 0.1) is 12.8 Å². The van der Waals surface area contributed by atoms with E-state index in [9.17, 15) is 18.8 Å². The van der Waals surface area contributed by atoms with Gasteiger partial charge >= 0.3 is 6.03 Å². The number of halogens is 1. The van der Waals surface area contributed by atoms with Crippen molar-refractivity contribution in [2.75, 3.05) is 0 Å². The summed E-state index contributed by atoms with van der Waals surface area (Å²) >= 11 is 0. The zero-order valence-corrected chi connectivity index (χ0v) is 17.3. The second-order valence-electron chi connectivity index (χ2n) is 7.65. The molecule has 1 aliphatic rings. The average molecular weight is 443 g/mol. The number of para-hydroxylation sites is 1. The van der Waals surface area contributed by atoms with Crippen LogP contribution in [0.25, 0.3) is 17.0 Å². The van der Waals surface area contributed by atoms with Crippen molar-refractivity contribution in [1.29, 1.82) is 0 Å². The van der Waals surface area contributed by atoms with Crippen LogP contribution >= 0.6 is 0 Å². The Labute approximate surface area is 187 Å². The van der Waals surface area contributed by atoms with Gasteiger partial charge in [-0.15, -0.1) is 0 Å². The van der Waals surface area contributed by atoms with Crippen molar-refractivity contribution in [1.82, 2.24) is 14.8 Å². The van der Waals surface area contributed by atoms with Crippen LogP contribution in [0.2, 0.25) is 0 Å². The van der Waals surface area contributed by atoms with Crippen molar-refractivity contribution >= 4 is 34.8 Å². The van der Waals surface area contributed by atoms with Crippen LogP contribution in [0.5, 0.6) is 0 Å². The fourth-order valence-electron chi connectivity index (χ4n) is 3.90. The molecule has 0 unspecified atom stereocenters. The van der Waals surface area contributed by atoms with Crippen molar-refractivity contribution in [3.8, 4) is 0 Å². The molecular weight excluding hydrogens is 425 g/mol. The van der Waals surface area contributed by atoms with Crippen LogP contribution in [-0.4, -0.2) is 27.3 Å². The van der Waals surface area contributed by atoms with Gasteiger partial charge in [-0.3, -0.25) is 19.8 Å². The van der Waals surface area contributed by atoms with Crippen LogP contribution in [0.1, 0.15) is 16.9 Å². The van der Waals surface area contributed by atoms with Crippen LogP contribution < -0.4 is 5.32 Å². The third-order valence-corrected chi connectivity index (χ3v) is 5.44. The highest BCUT2D eigenvalue weighted by molar-refractivity contribution is 6.31. The van der Waals surface area contributed by atoms with Crippen molar-refractivity contribution in [3.05, 3.63) is 101 Å². The summed E-state index contributed by atoms with van der Waals surface area (Å²) in [5.74, 6) is -1.37. The number of barbiturate groups is 1. The Hall–Kier alpha value is -4.46. The summed E-state index contributed by atoms with van der Waals surface area (Å²) in [6.07, 6.45) is 4.72. The first-order chi connectivity index (χ1) is 16.0. The number of imide groups is 2. The maximum atomic E-state index is 13.6. The summed E-state index contributed by atoms with van der Waals surface area (Å²) < 4.78 is 20.8. The third kappa shape index (κ3) is 3.94. The summed E-state index contributed by atoms with van der Waals surface area (Å²) in [5, 5.41) is 3.03. The lowest BCUT2D eigenvalue weighted by Gasteiger charge is -2.25. The molecule has 0 atom stereocenters. The molecule has 1 N–H and O–H groups in total. The molecule has 33 heavy (non-hydrogen) atoms. The molecule has 5 rings (SSSR count). The topological polar surface area (TPSA) is 84.6 Å². The Morgan fingerprint density at radius 3 is 2.61 bits per heavy atom. The monoisotopic (exact) mass is 443 g/mol. The zero-order valence-electron chi connectivity index (χ0n) is 17.3. The largest absolute Gasteiger partial charge is 0.467 e. The number of carbonyl (C=O) groups is 3. The molecule has 4 aromatic rings. The zero-order chi connectivity index (χ0) is 22.9. The quantitative estimate of drug-likeness (QED) is 0.372. The number of amides is 4. The predicted molar refractivity (Wildman–Crippen MR) is 118 cm³/mol. The Morgan fingerprint density at radius 1 is 0.970 bits per heavy atom. The standard InChI is InChI=1S/C25H18FN3O4/c26-18-6-3-5-16(11-18)13-28-14-17(20-8-1-2-9-22(20)28)12-21-23(30)27-25(32)29(24(21)31)15-19-7-4-10-33-19/h1-12,14H,13,15H2,(H,27,30,32)/b21-12-. The first-order valence-electron chi connectivity index (χ1n) is 10.2. The molecule has 0 spiro atoms. The molecule has 8 heteroatoms. The van der Waals surface area contributed by atoms with E-state index in [-0.39, 0.29) is 17.9 Å². The fourth-order valence-corrected chi connectivity index (χ4v) is 3.90. The molecule has 0 bridgehead atoms. The van der Waals surface area contributed by atoms with Crippen molar-refractivity contribution in [2.24, 2.45) is 0 Å². The number of furan rings is 1. The number of benzene rings is 2. The second kappa shape index (κ2) is 8.23. The molecule has 0 aliphatic carbocycles. The van der Waals surface area contributed by atoms with Crippen molar-refractivity contribution < 1.29 is 23.2 Å². The van der Waals surface area contributed by atoms with E-state index >= 15 is 0 Å². The molecule has 1 fully saturated rings. The number of aromatic nitrogens is 1. The number of nitrogens with one attached hydrogen (secondary N) is 1. The SMILES string of the molecule is O=C1NC(=O)N(Cc2ccco2)C(=O)/C1=C\c1cn(Cc2cccc(F)c2)c2ccccc12. The summed E-state index contributed by atoms with van der Waals surface area (Å²) in [5.41, 5.74) is 2.11. The number of carbonyl (C=O) groups excluding carboxylic acids is 3. The van der Waals surface area contributed by atoms with Crippen LogP contribution in [-0.2, 0) is 22.7 Å². The average Bonchev–Trinajstić information content (AvgIpc) is 3.43. The highest BCUT2D eigenvalue weighted by Gasteiger charge is 2.36. The van der Waals surface area contributed by atoms with Gasteiger partial charge in [-0.1, -0.05) is 30.3 Å². The van der Waals surface area contributed by atoms with Gasteiger partial charge in [-0.25, -0.2) is 9.18 Å². The van der Waals surface area contributed by atoms with Crippen LogP contribution in [0.4, 0.5) is 9.18 Å². The number of hydrogen-bond donors (Lipinski definition) is 1. The van der Waals surface area contributed by atoms with Crippen LogP contribution in [0.15, 0.2) is 83.1 Å². The first-order valence-corrected chi connectivity index (χ1v) is 10.2. The van der Waals surface area contributed by atoms with Gasteiger partial charge in [-0.05, 0) is 42.0 Å². The van der Waals surface area contributed by atoms with E-state index < -0.39 is 17.8 Å². The number of nitrogens with zero attached hydrogens (tertiary/aromatic N) is 2. The van der Waals surface area contributed by atoms with E-state index in [4.69, 9.17) is 4.42 Å². The smallest absolute Gasteiger partial charge is 0.331 e. The highest BCUT2D eigenvalue weighted by atomic mass is 19.1. The molecule has 0 saturated carbocycles. The fraction of sp³-hybridized carbons (Fsp3) is 0.0800. The number of hydrogen-bond acceptors (Lipinski definition) is 4. The molecule has 2 aromatic heterocycles. The first kappa shape index (κ1) is 20.4. The van der Waals surface area contributed by atoms with Gasteiger partial charge in [0.2, 0.25) is 0 Å². The van der Waals surface area contributed by atoms with E-state index in [2.05, 4.69) is 5.32 Å². The number of fused-ring (bicyclic) bond motifs is 1. The van der Waals surface area contributed by atoms with Gasteiger partial charge in [0.15, 0.2) is 0 Å². The molecule has 0 radical (unpaired) electrons. The van der Waals surface area contributed by atoms with Gasteiger partial charge in [0.1, 0.15) is 17.2 Å². The van der Waals surface area contributed by atoms with E-state index in [1.807, 2.05) is 34.9 Å². The lowest BCUT2D eigenvalue weighted by atomic mass is 10.1. The van der Waals surface area contributed by atoms with Gasteiger partial charge in [0, 0.05) is 29.2 Å². The highest BCUT2D eigenvalue weighted by Crippen LogP contribution is 2.26. The van der Waals surface area contributed by atoms with E-state index in [0.29, 0.717) is 17.9 Å². The Bertz CT molecular complexity index is 1420. The maximum absolute atomic E-state index is 13.6. The predicted octanol–water partition coefficient (Wildman–Crippen LogP) is 4.08. The Balaban J connectivity index is 1.53. The molecular formula is C25H18FN3O4. The van der Waals surface area contributed by atoms with Crippen molar-refractivity contribution in [3.63, 3.8) is 0 Å². The van der Waals surface area contributed by atoms with E-state index in [0.717, 1.165) is 21.4 Å². The minimum atomic E-state index is -0.799. The molecule has 1 aliphatic heterocycles. The summed E-state index contributed by atoms with van der Waals surface area (Å²) in [4.78, 5) is 38.7. The lowest BCUT2D eigenvalue weighted by Crippen LogP contribution is -2.53. The van der Waals surface area contributed by atoms with E-state index in [1.54, 1.807) is 24.4 Å². The molecule has 2 aromatic carbocycles. The van der Waals surface area contributed by atoms with Gasteiger partial charge < -0.3 is 8.98 Å². The van der Waals surface area contributed by atoms with Crippen LogP contribution in [0.3, 0.4) is 0 Å². The molecule has 4 amide bonds. The number of rotatable bonds is 5. The Morgan fingerprint density at radius 2 is 1.82 bits per heavy atom. The van der Waals surface area contributed by atoms with E-state index in [1.165, 1.54) is 24.5 Å². The van der Waals surface area contributed by atoms with Gasteiger partial charge in [-0.2, -0.15) is 0 Å². The maximum Gasteiger partial charge on any atom is 0.331 e. The number of urea groups is 1. The van der Waals surface area contributed by atoms with Crippen LogP contribution in [0, 0.1) is 5.82 Å². The summed E-state index contributed by atoms with van der Waals surface area (Å²) in [6.45, 7) is 0.314. The normalized spacial score (nSPS) is 15.5. The minimum absolute atomic E-state index is 0.0936. The Kier molecular flexibility index (Phi) is 5.10. The van der Waals surface area contributed by atoms with Crippen molar-refractivity contribution in [2.45, 2.75) is 13.1 Å².